The molecule has 9 aromatic carbocycles. The molecule has 71 heavy (non-hydrogen) atoms. The van der Waals surface area contributed by atoms with Crippen LogP contribution in [0, 0.1) is 0 Å². The number of pyridine rings is 1. The van der Waals surface area contributed by atoms with Gasteiger partial charge >= 0.3 is 12.4 Å². The lowest BCUT2D eigenvalue weighted by atomic mass is 9.72. The van der Waals surface area contributed by atoms with Crippen LogP contribution in [0.2, 0.25) is 0 Å². The Bertz CT molecular complexity index is 3860. The van der Waals surface area contributed by atoms with E-state index in [9.17, 15) is 0 Å². The molecule has 0 radical (unpaired) electrons. The number of hydrogen-bond acceptors (Lipinski definition) is 1. The molecule has 3 aromatic heterocycles. The summed E-state index contributed by atoms with van der Waals surface area (Å²) >= 11 is 0. The zero-order valence-corrected chi connectivity index (χ0v) is 37.6. The molecule has 0 aliphatic heterocycles. The highest BCUT2D eigenvalue weighted by Gasteiger charge is 2.72. The standard InChI is InChI=1S/C62H39F6N3/c63-61(64,65)60(62(66,67)68,46-28-24-40(25-29-46)45-38-54(41-14-4-1-5-15-41)69-55(39-45)42-16-6-2-7-17-42)47-30-32-49(33-31-47)71-57-23-13-11-21-51(57)53-37-44(27-35-59(53)71)43-26-34-58-52(36-43)50-20-10-12-22-56(50)70(58)48-18-8-3-9-19-48/h1-39H. The number of aromatic nitrogens is 3. The minimum absolute atomic E-state index is 0.414. The molecule has 12 rings (SSSR count). The van der Waals surface area contributed by atoms with Crippen molar-refractivity contribution in [2.75, 3.05) is 0 Å². The number of rotatable bonds is 8. The van der Waals surface area contributed by atoms with Gasteiger partial charge < -0.3 is 9.13 Å². The van der Waals surface area contributed by atoms with Gasteiger partial charge in [0.15, 0.2) is 0 Å². The van der Waals surface area contributed by atoms with E-state index in [1.54, 1.807) is 12.1 Å². The maximum atomic E-state index is 15.6. The molecule has 0 atom stereocenters. The number of alkyl halides is 6. The molecule has 344 valence electrons. The highest BCUT2D eigenvalue weighted by Crippen LogP contribution is 2.56. The number of halogens is 6. The number of hydrogen-bond donors (Lipinski definition) is 0. The SMILES string of the molecule is FC(F)(F)C(c1ccc(-c2cc(-c3ccccc3)nc(-c3ccccc3)c2)cc1)(c1ccc(-n2c3ccccc3c3cc(-c4ccc5c(c4)c4ccccc4n5-c4ccccc4)ccc32)cc1)C(F)(F)F. The highest BCUT2D eigenvalue weighted by atomic mass is 19.4. The Balaban J connectivity index is 0.935. The lowest BCUT2D eigenvalue weighted by Crippen LogP contribution is -2.54. The zero-order valence-electron chi connectivity index (χ0n) is 37.6. The van der Waals surface area contributed by atoms with E-state index in [1.165, 1.54) is 24.3 Å². The minimum atomic E-state index is -5.77. The lowest BCUT2D eigenvalue weighted by molar-refractivity contribution is -0.288. The van der Waals surface area contributed by atoms with Crippen LogP contribution in [0.25, 0.3) is 99.8 Å². The van der Waals surface area contributed by atoms with E-state index in [1.807, 2.05) is 132 Å². The first-order valence-electron chi connectivity index (χ1n) is 23.1. The normalized spacial score (nSPS) is 12.4. The van der Waals surface area contributed by atoms with Gasteiger partial charge in [-0.2, -0.15) is 26.3 Å². The number of benzene rings is 9. The fourth-order valence-corrected chi connectivity index (χ4v) is 10.4. The van der Waals surface area contributed by atoms with E-state index in [2.05, 4.69) is 53.1 Å². The van der Waals surface area contributed by atoms with Crippen molar-refractivity contribution < 1.29 is 26.3 Å². The van der Waals surface area contributed by atoms with Crippen molar-refractivity contribution in [3.05, 3.63) is 248 Å². The van der Waals surface area contributed by atoms with Gasteiger partial charge in [0.2, 0.25) is 5.41 Å². The Morgan fingerprint density at radius 2 is 0.648 bits per heavy atom. The third kappa shape index (κ3) is 7.18. The average Bonchev–Trinajstić information content (AvgIpc) is 3.91. The van der Waals surface area contributed by atoms with E-state index in [-0.39, 0.29) is 0 Å². The molecule has 0 saturated heterocycles. The largest absolute Gasteiger partial charge is 0.411 e. The van der Waals surface area contributed by atoms with Crippen molar-refractivity contribution in [2.45, 2.75) is 17.8 Å². The van der Waals surface area contributed by atoms with Gasteiger partial charge in [-0.1, -0.05) is 164 Å². The maximum Gasteiger partial charge on any atom is 0.411 e. The topological polar surface area (TPSA) is 22.8 Å². The van der Waals surface area contributed by atoms with E-state index >= 15 is 26.3 Å². The summed E-state index contributed by atoms with van der Waals surface area (Å²) in [5.74, 6) is 0. The van der Waals surface area contributed by atoms with Crippen molar-refractivity contribution in [3.63, 3.8) is 0 Å². The molecule has 0 aliphatic carbocycles. The Morgan fingerprint density at radius 1 is 0.282 bits per heavy atom. The molecule has 0 fully saturated rings. The molecule has 0 unspecified atom stereocenters. The monoisotopic (exact) mass is 939 g/mol. The van der Waals surface area contributed by atoms with Gasteiger partial charge in [0, 0.05) is 44.0 Å². The van der Waals surface area contributed by atoms with Crippen molar-refractivity contribution in [3.8, 4) is 56.1 Å². The lowest BCUT2D eigenvalue weighted by Gasteiger charge is -2.38. The van der Waals surface area contributed by atoms with E-state index in [0.29, 0.717) is 28.2 Å². The molecule has 9 heteroatoms. The van der Waals surface area contributed by atoms with Crippen LogP contribution in [-0.2, 0) is 5.41 Å². The number of para-hydroxylation sites is 3. The predicted octanol–water partition coefficient (Wildman–Crippen LogP) is 17.4. The molecule has 0 aliphatic rings. The predicted molar refractivity (Wildman–Crippen MR) is 274 cm³/mol. The molecular formula is C62H39F6N3. The van der Waals surface area contributed by atoms with E-state index < -0.39 is 28.9 Å². The first kappa shape index (κ1) is 43.6. The zero-order chi connectivity index (χ0) is 48.5. The second-order valence-electron chi connectivity index (χ2n) is 17.7. The van der Waals surface area contributed by atoms with Crippen molar-refractivity contribution >= 4 is 43.6 Å². The van der Waals surface area contributed by atoms with E-state index in [0.717, 1.165) is 95.8 Å². The molecule has 0 bridgehead atoms. The summed E-state index contributed by atoms with van der Waals surface area (Å²) in [5, 5.41) is 3.98. The Labute approximate surface area is 404 Å². The average molecular weight is 940 g/mol. The third-order valence-corrected chi connectivity index (χ3v) is 13.7. The fourth-order valence-electron chi connectivity index (χ4n) is 10.4. The van der Waals surface area contributed by atoms with Gasteiger partial charge in [-0.25, -0.2) is 4.98 Å². The summed E-state index contributed by atoms with van der Waals surface area (Å²) in [6, 6.07) is 70.2. The van der Waals surface area contributed by atoms with Crippen LogP contribution in [-0.4, -0.2) is 26.5 Å². The molecule has 12 aromatic rings. The van der Waals surface area contributed by atoms with Crippen LogP contribution in [0.3, 0.4) is 0 Å². The van der Waals surface area contributed by atoms with Gasteiger partial charge in [0.1, 0.15) is 0 Å². The summed E-state index contributed by atoms with van der Waals surface area (Å²) in [6.07, 6.45) is -11.5. The van der Waals surface area contributed by atoms with Gasteiger partial charge in [-0.15, -0.1) is 0 Å². The van der Waals surface area contributed by atoms with Crippen LogP contribution < -0.4 is 0 Å². The molecule has 3 nitrogen and oxygen atoms in total. The van der Waals surface area contributed by atoms with Crippen molar-refractivity contribution in [2.24, 2.45) is 0 Å². The first-order chi connectivity index (χ1) is 34.5. The van der Waals surface area contributed by atoms with E-state index in [4.69, 9.17) is 4.98 Å². The van der Waals surface area contributed by atoms with Crippen molar-refractivity contribution in [1.82, 2.24) is 14.1 Å². The third-order valence-electron chi connectivity index (χ3n) is 13.7. The van der Waals surface area contributed by atoms with Crippen LogP contribution in [0.1, 0.15) is 11.1 Å². The summed E-state index contributed by atoms with van der Waals surface area (Å²) in [7, 11) is 0. The highest BCUT2D eigenvalue weighted by molar-refractivity contribution is 6.12. The second kappa shape index (κ2) is 16.8. The number of fused-ring (bicyclic) bond motifs is 6. The summed E-state index contributed by atoms with van der Waals surface area (Å²) in [5.41, 5.74) is 4.71. The Morgan fingerprint density at radius 3 is 1.10 bits per heavy atom. The van der Waals surface area contributed by atoms with Gasteiger partial charge in [-0.3, -0.25) is 0 Å². The summed E-state index contributed by atoms with van der Waals surface area (Å²) in [4.78, 5) is 4.86. The quantitative estimate of drug-likeness (QED) is 0.139. The molecular weight excluding hydrogens is 901 g/mol. The Kier molecular flexibility index (Phi) is 10.3. The maximum absolute atomic E-state index is 15.6. The molecule has 0 amide bonds. The fraction of sp³-hybridized carbons (Fsp3) is 0.0484. The first-order valence-corrected chi connectivity index (χ1v) is 23.1. The minimum Gasteiger partial charge on any atom is -0.309 e. The van der Waals surface area contributed by atoms with Gasteiger partial charge in [0.25, 0.3) is 0 Å². The van der Waals surface area contributed by atoms with Crippen LogP contribution in [0.4, 0.5) is 26.3 Å². The smallest absolute Gasteiger partial charge is 0.309 e. The number of nitrogens with zero attached hydrogens (tertiary/aromatic N) is 3. The van der Waals surface area contributed by atoms with Crippen molar-refractivity contribution in [1.29, 1.82) is 0 Å². The van der Waals surface area contributed by atoms with Gasteiger partial charge in [0.05, 0.1) is 33.5 Å². The summed E-state index contributed by atoms with van der Waals surface area (Å²) < 4.78 is 97.9. The molecule has 0 saturated carbocycles. The molecule has 3 heterocycles. The Hall–Kier alpha value is -8.69. The van der Waals surface area contributed by atoms with Crippen LogP contribution in [0.5, 0.6) is 0 Å². The molecule has 0 N–H and O–H groups in total. The van der Waals surface area contributed by atoms with Crippen LogP contribution >= 0.6 is 0 Å². The van der Waals surface area contributed by atoms with Gasteiger partial charge in [-0.05, 0) is 106 Å². The summed E-state index contributed by atoms with van der Waals surface area (Å²) in [6.45, 7) is 0. The second-order valence-corrected chi connectivity index (χ2v) is 17.7. The van der Waals surface area contributed by atoms with Crippen LogP contribution in [0.15, 0.2) is 237 Å². The molecule has 0 spiro atoms.